The van der Waals surface area contributed by atoms with Crippen molar-refractivity contribution in [3.8, 4) is 0 Å². The van der Waals surface area contributed by atoms with Crippen LogP contribution in [-0.2, 0) is 11.3 Å². The largest absolute Gasteiger partial charge is 0.350 e. The summed E-state index contributed by atoms with van der Waals surface area (Å²) in [5.74, 6) is -1.78. The molecule has 2 rings (SSSR count). The van der Waals surface area contributed by atoms with Crippen molar-refractivity contribution in [2.75, 3.05) is 0 Å². The Morgan fingerprint density at radius 2 is 1.93 bits per heavy atom. The molecule has 0 saturated heterocycles. The highest BCUT2D eigenvalue weighted by Gasteiger charge is 2.26. The molecule has 0 aliphatic carbocycles. The zero-order valence-corrected chi connectivity index (χ0v) is 17.9. The Kier molecular flexibility index (Phi) is 7.69. The van der Waals surface area contributed by atoms with E-state index >= 15 is 0 Å². The van der Waals surface area contributed by atoms with Gasteiger partial charge in [-0.15, -0.1) is 0 Å². The van der Waals surface area contributed by atoms with E-state index in [4.69, 9.17) is 11.6 Å². The van der Waals surface area contributed by atoms with Gasteiger partial charge in [-0.25, -0.2) is 4.39 Å². The lowest BCUT2D eigenvalue weighted by molar-refractivity contribution is -0.384. The van der Waals surface area contributed by atoms with Crippen LogP contribution in [0.5, 0.6) is 0 Å². The van der Waals surface area contributed by atoms with Gasteiger partial charge in [-0.2, -0.15) is 0 Å². The van der Waals surface area contributed by atoms with E-state index in [0.717, 1.165) is 12.1 Å². The van der Waals surface area contributed by atoms with Crippen molar-refractivity contribution in [1.82, 2.24) is 10.6 Å². The molecule has 0 aliphatic heterocycles. The molecule has 1 atom stereocenters. The van der Waals surface area contributed by atoms with Gasteiger partial charge < -0.3 is 10.6 Å². The minimum atomic E-state index is -0.888. The minimum Gasteiger partial charge on any atom is -0.350 e. The fourth-order valence-electron chi connectivity index (χ4n) is 2.53. The van der Waals surface area contributed by atoms with Crippen LogP contribution in [0, 0.1) is 21.8 Å². The second kappa shape index (κ2) is 9.80. The molecule has 0 bridgehead atoms. The number of benzene rings is 2. The first-order valence-corrected chi connectivity index (χ1v) is 9.73. The molecule has 0 fully saturated rings. The van der Waals surface area contributed by atoms with Crippen molar-refractivity contribution in [1.29, 1.82) is 0 Å². The number of rotatable bonds is 7. The fourth-order valence-corrected chi connectivity index (χ4v) is 3.17. The lowest BCUT2D eigenvalue weighted by atomic mass is 10.0. The third kappa shape index (κ3) is 5.98. The fraction of sp³-hybridized carbons (Fsp3) is 0.263. The summed E-state index contributed by atoms with van der Waals surface area (Å²) in [5.41, 5.74) is 0.319. The maximum absolute atomic E-state index is 13.4. The van der Waals surface area contributed by atoms with Crippen LogP contribution in [0.3, 0.4) is 0 Å². The van der Waals surface area contributed by atoms with Crippen molar-refractivity contribution in [2.45, 2.75) is 26.4 Å². The Morgan fingerprint density at radius 1 is 1.24 bits per heavy atom. The Labute approximate surface area is 179 Å². The van der Waals surface area contributed by atoms with Crippen LogP contribution in [0.15, 0.2) is 40.9 Å². The quantitative estimate of drug-likeness (QED) is 0.452. The second-order valence-electron chi connectivity index (χ2n) is 6.57. The number of amides is 2. The molecule has 2 N–H and O–H groups in total. The minimum absolute atomic E-state index is 0.0172. The first-order valence-electron chi connectivity index (χ1n) is 8.56. The predicted octanol–water partition coefficient (Wildman–Crippen LogP) is 4.22. The zero-order valence-electron chi connectivity index (χ0n) is 15.5. The van der Waals surface area contributed by atoms with Crippen molar-refractivity contribution in [2.24, 2.45) is 5.92 Å². The van der Waals surface area contributed by atoms with Gasteiger partial charge in [-0.3, -0.25) is 19.7 Å². The number of carbonyl (C=O) groups excluding carboxylic acids is 2. The number of non-ortho nitro benzene ring substituents is 1. The summed E-state index contributed by atoms with van der Waals surface area (Å²) in [6.45, 7) is 3.56. The van der Waals surface area contributed by atoms with Gasteiger partial charge in [0.1, 0.15) is 11.9 Å². The third-order valence-corrected chi connectivity index (χ3v) is 5.19. The van der Waals surface area contributed by atoms with Crippen LogP contribution >= 0.6 is 27.5 Å². The Morgan fingerprint density at radius 3 is 2.52 bits per heavy atom. The van der Waals surface area contributed by atoms with E-state index in [-0.39, 0.29) is 28.7 Å². The molecule has 2 amide bonds. The van der Waals surface area contributed by atoms with E-state index in [0.29, 0.717) is 10.0 Å². The summed E-state index contributed by atoms with van der Waals surface area (Å²) in [4.78, 5) is 35.3. The van der Waals surface area contributed by atoms with Crippen LogP contribution in [0.2, 0.25) is 5.02 Å². The van der Waals surface area contributed by atoms with Gasteiger partial charge in [0.25, 0.3) is 11.6 Å². The summed E-state index contributed by atoms with van der Waals surface area (Å²) >= 11 is 9.27. The summed E-state index contributed by atoms with van der Waals surface area (Å²) < 4.78 is 14.0. The Bertz CT molecular complexity index is 955. The predicted molar refractivity (Wildman–Crippen MR) is 110 cm³/mol. The Balaban J connectivity index is 2.11. The zero-order chi connectivity index (χ0) is 21.7. The number of hydrogen-bond donors (Lipinski definition) is 2. The molecule has 1 unspecified atom stereocenters. The first-order chi connectivity index (χ1) is 13.6. The summed E-state index contributed by atoms with van der Waals surface area (Å²) in [6.07, 6.45) is 0. The second-order valence-corrected chi connectivity index (χ2v) is 7.83. The van der Waals surface area contributed by atoms with E-state index in [9.17, 15) is 24.1 Å². The molecule has 0 aromatic heterocycles. The highest BCUT2D eigenvalue weighted by atomic mass is 79.9. The number of halogens is 3. The number of nitro groups is 1. The van der Waals surface area contributed by atoms with Gasteiger partial charge in [0.2, 0.25) is 5.91 Å². The maximum Gasteiger partial charge on any atom is 0.270 e. The van der Waals surface area contributed by atoms with Gasteiger partial charge in [-0.05, 0) is 35.7 Å². The number of carbonyl (C=O) groups is 2. The topological polar surface area (TPSA) is 101 Å². The first kappa shape index (κ1) is 22.8. The maximum atomic E-state index is 13.4. The van der Waals surface area contributed by atoms with Gasteiger partial charge in [0, 0.05) is 23.2 Å². The van der Waals surface area contributed by atoms with Crippen molar-refractivity contribution in [3.05, 3.63) is 73.0 Å². The molecule has 2 aromatic carbocycles. The van der Waals surface area contributed by atoms with Gasteiger partial charge >= 0.3 is 0 Å². The Hall–Kier alpha value is -2.52. The van der Waals surface area contributed by atoms with Crippen LogP contribution in [-0.4, -0.2) is 22.8 Å². The van der Waals surface area contributed by atoms with Gasteiger partial charge in [-0.1, -0.05) is 41.4 Å². The lowest BCUT2D eigenvalue weighted by Gasteiger charge is -2.22. The number of nitro benzene ring substituents is 1. The number of hydrogen-bond acceptors (Lipinski definition) is 4. The van der Waals surface area contributed by atoms with Gasteiger partial charge in [0.05, 0.1) is 15.5 Å². The van der Waals surface area contributed by atoms with Crippen molar-refractivity contribution in [3.63, 3.8) is 0 Å². The molecule has 0 spiro atoms. The SMILES string of the molecule is CC(C)C(NC(=O)c1ccc([N+](=O)[O-])cc1Cl)C(=O)NCc1cc(F)ccc1Br. The van der Waals surface area contributed by atoms with E-state index in [1.807, 2.05) is 0 Å². The summed E-state index contributed by atoms with van der Waals surface area (Å²) in [7, 11) is 0. The molecular weight excluding hydrogens is 469 g/mol. The van der Waals surface area contributed by atoms with Crippen LogP contribution in [0.25, 0.3) is 0 Å². The van der Waals surface area contributed by atoms with E-state index in [1.54, 1.807) is 13.8 Å². The van der Waals surface area contributed by atoms with Crippen LogP contribution in [0.4, 0.5) is 10.1 Å². The molecule has 0 aliphatic rings. The lowest BCUT2D eigenvalue weighted by Crippen LogP contribution is -2.49. The normalized spacial score (nSPS) is 11.8. The van der Waals surface area contributed by atoms with Crippen LogP contribution < -0.4 is 10.6 Å². The molecule has 154 valence electrons. The van der Waals surface area contributed by atoms with E-state index in [2.05, 4.69) is 26.6 Å². The van der Waals surface area contributed by atoms with Crippen molar-refractivity contribution >= 4 is 45.0 Å². The average molecular weight is 487 g/mol. The molecule has 7 nitrogen and oxygen atoms in total. The summed E-state index contributed by atoms with van der Waals surface area (Å²) in [6, 6.07) is 6.70. The highest BCUT2D eigenvalue weighted by Crippen LogP contribution is 2.23. The molecule has 2 aromatic rings. The molecular formula is C19H18BrClFN3O4. The monoisotopic (exact) mass is 485 g/mol. The van der Waals surface area contributed by atoms with E-state index < -0.39 is 28.6 Å². The standard InChI is InChI=1S/C19H18BrClFN3O4/c1-10(2)17(19(27)23-9-11-7-12(22)3-6-15(11)20)24-18(26)14-5-4-13(25(28)29)8-16(14)21/h3-8,10,17H,9H2,1-2H3,(H,23,27)(H,24,26). The molecule has 0 saturated carbocycles. The molecule has 0 heterocycles. The van der Waals surface area contributed by atoms with Crippen molar-refractivity contribution < 1.29 is 18.9 Å². The summed E-state index contributed by atoms with van der Waals surface area (Å²) in [5, 5.41) is 16.0. The highest BCUT2D eigenvalue weighted by molar-refractivity contribution is 9.10. The molecule has 10 heteroatoms. The van der Waals surface area contributed by atoms with E-state index in [1.165, 1.54) is 24.3 Å². The molecule has 29 heavy (non-hydrogen) atoms. The van der Waals surface area contributed by atoms with Crippen LogP contribution in [0.1, 0.15) is 29.8 Å². The number of nitrogens with zero attached hydrogens (tertiary/aromatic N) is 1. The third-order valence-electron chi connectivity index (χ3n) is 4.10. The van der Waals surface area contributed by atoms with Gasteiger partial charge in [0.15, 0.2) is 0 Å². The molecule has 0 radical (unpaired) electrons. The smallest absolute Gasteiger partial charge is 0.270 e. The number of nitrogens with one attached hydrogen (secondary N) is 2. The average Bonchev–Trinajstić information content (AvgIpc) is 2.65.